The molecule has 1 aliphatic heterocycles. The third-order valence-electron chi connectivity index (χ3n) is 5.95. The first-order valence-corrected chi connectivity index (χ1v) is 11.6. The van der Waals surface area contributed by atoms with Gasteiger partial charge in [-0.3, -0.25) is 13.9 Å². The molecule has 5 rings (SSSR count). The minimum absolute atomic E-state index is 0.00617. The summed E-state index contributed by atoms with van der Waals surface area (Å²) < 4.78 is 9.42. The monoisotopic (exact) mass is 426 g/mol. The second kappa shape index (κ2) is 7.70. The van der Waals surface area contributed by atoms with E-state index in [-0.39, 0.29) is 11.7 Å². The van der Waals surface area contributed by atoms with Crippen molar-refractivity contribution in [1.29, 1.82) is 0 Å². The van der Waals surface area contributed by atoms with Gasteiger partial charge in [0.25, 0.3) is 5.56 Å². The molecule has 2 aliphatic rings. The summed E-state index contributed by atoms with van der Waals surface area (Å²) in [4.78, 5) is 25.1. The van der Waals surface area contributed by atoms with Crippen molar-refractivity contribution in [3.05, 3.63) is 45.8 Å². The number of hydrogen-bond donors (Lipinski definition) is 0. The van der Waals surface area contributed by atoms with Gasteiger partial charge in [-0.05, 0) is 38.4 Å². The van der Waals surface area contributed by atoms with E-state index in [1.165, 1.54) is 24.6 Å². The fraction of sp³-hybridized carbons (Fsp3) is 0.524. The first kappa shape index (κ1) is 19.6. The van der Waals surface area contributed by atoms with Gasteiger partial charge in [0.15, 0.2) is 5.65 Å². The minimum atomic E-state index is -0.0693. The number of morpholine rings is 1. The van der Waals surface area contributed by atoms with Crippen LogP contribution in [0.5, 0.6) is 0 Å². The van der Waals surface area contributed by atoms with Crippen LogP contribution < -0.4 is 10.5 Å². The minimum Gasteiger partial charge on any atom is -0.370 e. The van der Waals surface area contributed by atoms with E-state index < -0.39 is 0 Å². The Labute approximate surface area is 179 Å². The molecule has 2 fully saturated rings. The zero-order valence-corrected chi connectivity index (χ0v) is 18.4. The highest BCUT2D eigenvalue weighted by atomic mass is 32.2. The number of aryl methyl sites for hydroxylation is 1. The van der Waals surface area contributed by atoms with Crippen molar-refractivity contribution in [2.75, 3.05) is 30.9 Å². The maximum absolute atomic E-state index is 13.2. The van der Waals surface area contributed by atoms with Crippen LogP contribution in [0.25, 0.3) is 5.65 Å². The maximum atomic E-state index is 13.2. The highest BCUT2D eigenvalue weighted by Gasteiger charge is 2.27. The lowest BCUT2D eigenvalue weighted by molar-refractivity contribution is 0.0394. The van der Waals surface area contributed by atoms with Crippen molar-refractivity contribution < 1.29 is 4.74 Å². The molecule has 158 valence electrons. The van der Waals surface area contributed by atoms with Crippen LogP contribution in [0.3, 0.4) is 0 Å². The zero-order chi connectivity index (χ0) is 20.8. The molecular formula is C21H26N6O2S. The Morgan fingerprint density at radius 1 is 1.27 bits per heavy atom. The predicted molar refractivity (Wildman–Crippen MR) is 116 cm³/mol. The zero-order valence-electron chi connectivity index (χ0n) is 17.5. The summed E-state index contributed by atoms with van der Waals surface area (Å²) in [7, 11) is 1.90. The molecule has 0 amide bonds. The number of aromatic nitrogens is 5. The Kier molecular flexibility index (Phi) is 5.02. The summed E-state index contributed by atoms with van der Waals surface area (Å²) in [5.74, 6) is 1.46. The maximum Gasteiger partial charge on any atom is 0.261 e. The molecule has 30 heavy (non-hydrogen) atoms. The highest BCUT2D eigenvalue weighted by molar-refractivity contribution is 7.98. The van der Waals surface area contributed by atoms with Crippen LogP contribution in [0.1, 0.15) is 35.8 Å². The number of nitrogens with zero attached hydrogens (tertiary/aromatic N) is 6. The van der Waals surface area contributed by atoms with Gasteiger partial charge in [-0.1, -0.05) is 0 Å². The summed E-state index contributed by atoms with van der Waals surface area (Å²) >= 11 is 1.53. The quantitative estimate of drug-likeness (QED) is 0.580. The molecule has 0 bridgehead atoms. The van der Waals surface area contributed by atoms with Gasteiger partial charge in [0.05, 0.1) is 31.2 Å². The molecule has 3 aromatic rings. The smallest absolute Gasteiger partial charge is 0.261 e. The fourth-order valence-electron chi connectivity index (χ4n) is 3.98. The average Bonchev–Trinajstić information content (AvgIpc) is 3.48. The molecule has 1 atom stereocenters. The lowest BCUT2D eigenvalue weighted by Crippen LogP contribution is -2.39. The average molecular weight is 427 g/mol. The van der Waals surface area contributed by atoms with Crippen LogP contribution in [-0.4, -0.2) is 50.1 Å². The van der Waals surface area contributed by atoms with Gasteiger partial charge in [0.1, 0.15) is 16.9 Å². The largest absolute Gasteiger partial charge is 0.370 e. The molecule has 0 aromatic carbocycles. The van der Waals surface area contributed by atoms with Gasteiger partial charge >= 0.3 is 0 Å². The van der Waals surface area contributed by atoms with E-state index in [2.05, 4.69) is 10.00 Å². The Hall–Kier alpha value is -2.39. The van der Waals surface area contributed by atoms with E-state index in [9.17, 15) is 4.79 Å². The second-order valence-corrected chi connectivity index (χ2v) is 8.99. The molecule has 9 heteroatoms. The summed E-state index contributed by atoms with van der Waals surface area (Å²) in [5, 5.41) is 5.04. The van der Waals surface area contributed by atoms with E-state index >= 15 is 0 Å². The van der Waals surface area contributed by atoms with Crippen molar-refractivity contribution in [3.8, 4) is 0 Å². The first-order chi connectivity index (χ1) is 14.5. The highest BCUT2D eigenvalue weighted by Crippen LogP contribution is 2.33. The van der Waals surface area contributed by atoms with Gasteiger partial charge in [0.2, 0.25) is 0 Å². The lowest BCUT2D eigenvalue weighted by Gasteiger charge is -2.33. The van der Waals surface area contributed by atoms with E-state index in [0.717, 1.165) is 40.6 Å². The number of fused-ring (bicyclic) bond motifs is 1. The number of anilines is 1. The lowest BCUT2D eigenvalue weighted by atomic mass is 10.1. The third kappa shape index (κ3) is 3.60. The van der Waals surface area contributed by atoms with Crippen LogP contribution in [0, 0.1) is 12.8 Å². The Morgan fingerprint density at radius 3 is 2.80 bits per heavy atom. The number of hydrogen-bond acceptors (Lipinski definition) is 7. The van der Waals surface area contributed by atoms with Gasteiger partial charge in [-0.2, -0.15) is 5.10 Å². The van der Waals surface area contributed by atoms with Crippen molar-refractivity contribution in [1.82, 2.24) is 24.1 Å². The number of ether oxygens (including phenoxy) is 1. The number of thioether (sulfide) groups is 1. The molecule has 0 spiro atoms. The predicted octanol–water partition coefficient (Wildman–Crippen LogP) is 2.38. The van der Waals surface area contributed by atoms with E-state index in [0.29, 0.717) is 24.7 Å². The van der Waals surface area contributed by atoms with Crippen LogP contribution in [0.15, 0.2) is 28.4 Å². The summed E-state index contributed by atoms with van der Waals surface area (Å²) in [6.45, 7) is 3.88. The summed E-state index contributed by atoms with van der Waals surface area (Å²) in [5.41, 5.74) is 3.39. The topological polar surface area (TPSA) is 77.5 Å². The van der Waals surface area contributed by atoms with Crippen molar-refractivity contribution in [2.45, 2.75) is 37.3 Å². The van der Waals surface area contributed by atoms with Crippen molar-refractivity contribution in [2.24, 2.45) is 13.0 Å². The van der Waals surface area contributed by atoms with Gasteiger partial charge in [-0.25, -0.2) is 9.97 Å². The van der Waals surface area contributed by atoms with E-state index in [1.54, 1.807) is 9.08 Å². The molecule has 0 radical (unpaired) electrons. The molecule has 8 nitrogen and oxygen atoms in total. The molecule has 0 N–H and O–H groups in total. The van der Waals surface area contributed by atoms with E-state index in [4.69, 9.17) is 14.7 Å². The van der Waals surface area contributed by atoms with Crippen LogP contribution in [0.2, 0.25) is 0 Å². The van der Waals surface area contributed by atoms with Crippen molar-refractivity contribution >= 4 is 23.2 Å². The second-order valence-electron chi connectivity index (χ2n) is 8.19. The molecule has 1 aliphatic carbocycles. The van der Waals surface area contributed by atoms with Crippen LogP contribution >= 0.6 is 11.8 Å². The van der Waals surface area contributed by atoms with Crippen LogP contribution in [0.4, 0.5) is 5.82 Å². The van der Waals surface area contributed by atoms with Crippen LogP contribution in [-0.2, 0) is 18.2 Å². The molecule has 4 heterocycles. The molecule has 1 saturated carbocycles. The van der Waals surface area contributed by atoms with Crippen molar-refractivity contribution in [3.63, 3.8) is 0 Å². The standard InChI is InChI=1S/C21H26N6O2S/c1-13-16(8-14-4-5-14)23-19-20(30-3)24-18(12-27(19)21(13)28)26-6-7-29-17(11-26)15-9-22-25(2)10-15/h9-10,12,14,17H,4-8,11H2,1-3H3/t17-/m1/s1. The van der Waals surface area contributed by atoms with Gasteiger partial charge in [-0.15, -0.1) is 11.8 Å². The van der Waals surface area contributed by atoms with E-state index in [1.807, 2.05) is 38.8 Å². The number of rotatable bonds is 5. The molecule has 0 unspecified atom stereocenters. The molecular weight excluding hydrogens is 400 g/mol. The Morgan fingerprint density at radius 2 is 2.10 bits per heavy atom. The Balaban J connectivity index is 1.53. The molecule has 3 aromatic heterocycles. The SMILES string of the molecule is CSc1nc(N2CCO[C@@H](c3cnn(C)c3)C2)cn2c(=O)c(C)c(CC3CC3)nc12. The van der Waals surface area contributed by atoms with Gasteiger partial charge < -0.3 is 9.64 Å². The molecule has 1 saturated heterocycles. The summed E-state index contributed by atoms with van der Waals surface area (Å²) in [6, 6.07) is 0. The summed E-state index contributed by atoms with van der Waals surface area (Å²) in [6.07, 6.45) is 10.9. The fourth-order valence-corrected chi connectivity index (χ4v) is 4.50. The third-order valence-corrected chi connectivity index (χ3v) is 6.61. The normalized spacial score (nSPS) is 19.6. The van der Waals surface area contributed by atoms with Gasteiger partial charge in [0, 0.05) is 30.9 Å². The Bertz CT molecular complexity index is 1150. The first-order valence-electron chi connectivity index (χ1n) is 10.4.